The van der Waals surface area contributed by atoms with Crippen molar-refractivity contribution >= 4 is 17.7 Å². The number of halogens is 3. The molecule has 2 saturated heterocycles. The second-order valence-electron chi connectivity index (χ2n) is 7.00. The zero-order valence-electron chi connectivity index (χ0n) is 13.9. The van der Waals surface area contributed by atoms with Crippen molar-refractivity contribution in [3.8, 4) is 0 Å². The lowest BCUT2D eigenvalue weighted by molar-refractivity contribution is -0.193. The summed E-state index contributed by atoms with van der Waals surface area (Å²) < 4.78 is 42.8. The lowest BCUT2D eigenvalue weighted by atomic mass is 9.77. The van der Waals surface area contributed by atoms with Gasteiger partial charge in [0.25, 0.3) is 0 Å². The van der Waals surface area contributed by atoms with E-state index in [0.29, 0.717) is 10.6 Å². The molecule has 0 saturated carbocycles. The van der Waals surface area contributed by atoms with Crippen LogP contribution in [0.3, 0.4) is 0 Å². The molecule has 2 fully saturated rings. The Morgan fingerprint density at radius 3 is 2.12 bits per heavy atom. The van der Waals surface area contributed by atoms with Crippen molar-refractivity contribution in [2.45, 2.75) is 32.5 Å². The molecule has 0 aromatic heterocycles. The normalized spacial score (nSPS) is 21.9. The zero-order chi connectivity index (χ0) is 18.3. The summed E-state index contributed by atoms with van der Waals surface area (Å²) >= 11 is 0. The quantitative estimate of drug-likeness (QED) is 0.673. The van der Waals surface area contributed by atoms with E-state index in [-0.39, 0.29) is 26.2 Å². The van der Waals surface area contributed by atoms with Crippen molar-refractivity contribution in [2.24, 2.45) is 10.6 Å². The molecule has 2 heterocycles. The molecule has 2 aliphatic heterocycles. The highest BCUT2D eigenvalue weighted by molar-refractivity contribution is 5.99. The molecule has 1 spiro atoms. The van der Waals surface area contributed by atoms with Gasteiger partial charge in [-0.3, -0.25) is 4.79 Å². The average Bonchev–Trinajstić information content (AvgIpc) is 2.73. The highest BCUT2D eigenvalue weighted by Gasteiger charge is 2.59. The van der Waals surface area contributed by atoms with Gasteiger partial charge in [0.15, 0.2) is 0 Å². The van der Waals surface area contributed by atoms with Crippen LogP contribution in [0.1, 0.15) is 20.8 Å². The first-order chi connectivity index (χ1) is 10.9. The summed E-state index contributed by atoms with van der Waals surface area (Å²) in [4.78, 5) is 30.2. The van der Waals surface area contributed by atoms with Crippen LogP contribution in [0.5, 0.6) is 0 Å². The van der Waals surface area contributed by atoms with Crippen molar-refractivity contribution < 1.29 is 32.3 Å². The van der Waals surface area contributed by atoms with Crippen LogP contribution in [0.25, 0.3) is 0 Å². The molecule has 7 nitrogen and oxygen atoms in total. The minimum Gasteiger partial charge on any atom is -0.444 e. The standard InChI is InChI=1S/C14H20F3N3O4/c1-12(2,3)24-11(22)19-5-9(18-23-4)13(6-19)7-20(8-13)10(21)14(15,16)17/h5-8H2,1-4H3/b18-9+. The Labute approximate surface area is 137 Å². The number of alkyl halides is 3. The molecule has 24 heavy (non-hydrogen) atoms. The second-order valence-corrected chi connectivity index (χ2v) is 7.00. The van der Waals surface area contributed by atoms with E-state index in [1.54, 1.807) is 20.8 Å². The zero-order valence-corrected chi connectivity index (χ0v) is 13.9. The number of rotatable bonds is 1. The predicted octanol–water partition coefficient (Wildman–Crippen LogP) is 1.63. The summed E-state index contributed by atoms with van der Waals surface area (Å²) in [6.07, 6.45) is -5.49. The van der Waals surface area contributed by atoms with Gasteiger partial charge < -0.3 is 19.4 Å². The van der Waals surface area contributed by atoms with Crippen LogP contribution < -0.4 is 0 Å². The van der Waals surface area contributed by atoms with Gasteiger partial charge in [0.05, 0.1) is 17.7 Å². The molecule has 0 aliphatic carbocycles. The fourth-order valence-corrected chi connectivity index (χ4v) is 2.84. The van der Waals surface area contributed by atoms with E-state index < -0.39 is 29.2 Å². The van der Waals surface area contributed by atoms with Crippen LogP contribution in [-0.2, 0) is 14.4 Å². The Morgan fingerprint density at radius 2 is 1.67 bits per heavy atom. The number of carbonyl (C=O) groups excluding carboxylic acids is 2. The molecule has 0 bridgehead atoms. The van der Waals surface area contributed by atoms with Gasteiger partial charge in [-0.2, -0.15) is 13.2 Å². The Kier molecular flexibility index (Phi) is 4.45. The first kappa shape index (κ1) is 18.3. The maximum atomic E-state index is 12.5. The number of likely N-dealkylation sites (tertiary alicyclic amines) is 2. The number of carbonyl (C=O) groups is 2. The third kappa shape index (κ3) is 3.57. The smallest absolute Gasteiger partial charge is 0.444 e. The number of hydrogen-bond acceptors (Lipinski definition) is 5. The van der Waals surface area contributed by atoms with Crippen LogP contribution in [0.2, 0.25) is 0 Å². The Hall–Kier alpha value is -2.00. The van der Waals surface area contributed by atoms with Gasteiger partial charge >= 0.3 is 18.2 Å². The summed E-state index contributed by atoms with van der Waals surface area (Å²) in [5.74, 6) is -1.89. The van der Waals surface area contributed by atoms with Gasteiger partial charge in [-0.1, -0.05) is 5.16 Å². The monoisotopic (exact) mass is 351 g/mol. The first-order valence-electron chi connectivity index (χ1n) is 7.32. The molecule has 0 aromatic carbocycles. The van der Waals surface area contributed by atoms with Crippen molar-refractivity contribution in [3.63, 3.8) is 0 Å². The van der Waals surface area contributed by atoms with E-state index in [2.05, 4.69) is 5.16 Å². The van der Waals surface area contributed by atoms with Gasteiger partial charge in [0, 0.05) is 19.6 Å². The second kappa shape index (κ2) is 5.82. The van der Waals surface area contributed by atoms with Gasteiger partial charge in [-0.15, -0.1) is 0 Å². The average molecular weight is 351 g/mol. The molecule has 0 atom stereocenters. The molecule has 2 aliphatic rings. The molecular formula is C14H20F3N3O4. The molecule has 0 N–H and O–H groups in total. The van der Waals surface area contributed by atoms with Gasteiger partial charge in [-0.25, -0.2) is 4.79 Å². The Balaban J connectivity index is 2.10. The number of ether oxygens (including phenoxy) is 1. The third-order valence-corrected chi connectivity index (χ3v) is 3.82. The Morgan fingerprint density at radius 1 is 1.12 bits per heavy atom. The summed E-state index contributed by atoms with van der Waals surface area (Å²) in [6.45, 7) is 5.05. The van der Waals surface area contributed by atoms with Crippen molar-refractivity contribution in [1.82, 2.24) is 9.80 Å². The van der Waals surface area contributed by atoms with Crippen LogP contribution in [0.15, 0.2) is 5.16 Å². The van der Waals surface area contributed by atoms with Crippen molar-refractivity contribution in [3.05, 3.63) is 0 Å². The van der Waals surface area contributed by atoms with E-state index in [1.165, 1.54) is 12.0 Å². The first-order valence-corrected chi connectivity index (χ1v) is 7.32. The Bertz CT molecular complexity index is 563. The van der Waals surface area contributed by atoms with E-state index in [4.69, 9.17) is 9.57 Å². The summed E-state index contributed by atoms with van der Waals surface area (Å²) in [7, 11) is 1.31. The van der Waals surface area contributed by atoms with Gasteiger partial charge in [0.2, 0.25) is 0 Å². The molecule has 2 amide bonds. The highest BCUT2D eigenvalue weighted by atomic mass is 19.4. The van der Waals surface area contributed by atoms with Gasteiger partial charge in [0.1, 0.15) is 12.7 Å². The van der Waals surface area contributed by atoms with Crippen LogP contribution >= 0.6 is 0 Å². The minimum absolute atomic E-state index is 0.0940. The number of hydrogen-bond donors (Lipinski definition) is 0. The summed E-state index contributed by atoms with van der Waals surface area (Å²) in [5.41, 5.74) is -1.07. The third-order valence-electron chi connectivity index (χ3n) is 3.82. The molecule has 10 heteroatoms. The topological polar surface area (TPSA) is 71.4 Å². The van der Waals surface area contributed by atoms with Crippen LogP contribution in [0, 0.1) is 5.41 Å². The number of oxime groups is 1. The fraction of sp³-hybridized carbons (Fsp3) is 0.786. The molecule has 0 aromatic rings. The SMILES string of the molecule is CO/N=C1\CN(C(=O)OC(C)(C)C)CC12CN(C(=O)C(F)(F)F)C2. The maximum Gasteiger partial charge on any atom is 0.471 e. The van der Waals surface area contributed by atoms with E-state index >= 15 is 0 Å². The van der Waals surface area contributed by atoms with Crippen molar-refractivity contribution in [2.75, 3.05) is 33.3 Å². The lowest BCUT2D eigenvalue weighted by Gasteiger charge is -2.47. The largest absolute Gasteiger partial charge is 0.471 e. The fourth-order valence-electron chi connectivity index (χ4n) is 2.84. The predicted molar refractivity (Wildman–Crippen MR) is 77.3 cm³/mol. The van der Waals surface area contributed by atoms with Crippen molar-refractivity contribution in [1.29, 1.82) is 0 Å². The molecule has 136 valence electrons. The summed E-state index contributed by atoms with van der Waals surface area (Å²) in [5, 5.41) is 3.83. The van der Waals surface area contributed by atoms with E-state index in [1.807, 2.05) is 0 Å². The number of nitrogens with zero attached hydrogens (tertiary/aromatic N) is 3. The molecular weight excluding hydrogens is 331 g/mol. The summed E-state index contributed by atoms with van der Waals surface area (Å²) in [6, 6.07) is 0. The van der Waals surface area contributed by atoms with Crippen LogP contribution in [-0.4, -0.2) is 72.6 Å². The molecule has 2 rings (SSSR count). The lowest BCUT2D eigenvalue weighted by Crippen LogP contribution is -2.64. The number of amides is 2. The van der Waals surface area contributed by atoms with E-state index in [0.717, 1.165) is 0 Å². The van der Waals surface area contributed by atoms with E-state index in [9.17, 15) is 22.8 Å². The maximum absolute atomic E-state index is 12.5. The van der Waals surface area contributed by atoms with Crippen LogP contribution in [0.4, 0.5) is 18.0 Å². The highest BCUT2D eigenvalue weighted by Crippen LogP contribution is 2.40. The van der Waals surface area contributed by atoms with Gasteiger partial charge in [-0.05, 0) is 20.8 Å². The molecule has 0 radical (unpaired) electrons. The molecule has 0 unspecified atom stereocenters. The minimum atomic E-state index is -4.91.